The zero-order valence-electron chi connectivity index (χ0n) is 12.7. The van der Waals surface area contributed by atoms with E-state index in [1.54, 1.807) is 12.4 Å². The summed E-state index contributed by atoms with van der Waals surface area (Å²) in [6.07, 6.45) is 3.69. The van der Waals surface area contributed by atoms with Crippen molar-refractivity contribution in [1.29, 1.82) is 0 Å². The van der Waals surface area contributed by atoms with E-state index in [-0.39, 0.29) is 23.5 Å². The van der Waals surface area contributed by atoms with E-state index in [1.807, 2.05) is 37.3 Å². The fraction of sp³-hybridized carbons (Fsp3) is 0.235. The van der Waals surface area contributed by atoms with Crippen LogP contribution in [0.4, 0.5) is 5.69 Å². The molecule has 118 valence electrons. The molecule has 0 bridgehead atoms. The molecule has 5 nitrogen and oxygen atoms in total. The molecule has 1 aliphatic heterocycles. The summed E-state index contributed by atoms with van der Waals surface area (Å²) in [7, 11) is 0. The zero-order valence-corrected chi connectivity index (χ0v) is 13.5. The van der Waals surface area contributed by atoms with Gasteiger partial charge < -0.3 is 10.6 Å². The van der Waals surface area contributed by atoms with Gasteiger partial charge in [0.05, 0.1) is 17.4 Å². The predicted octanol–water partition coefficient (Wildman–Crippen LogP) is 2.37. The molecule has 1 atom stereocenters. The molecule has 1 aromatic heterocycles. The third kappa shape index (κ3) is 3.90. The Morgan fingerprint density at radius 2 is 2.04 bits per heavy atom. The minimum Gasteiger partial charge on any atom is -0.352 e. The van der Waals surface area contributed by atoms with Crippen LogP contribution in [0.3, 0.4) is 0 Å². The normalized spacial score (nSPS) is 16.4. The number of anilines is 1. The third-order valence-corrected chi connectivity index (χ3v) is 4.76. The molecule has 1 aromatic carbocycles. The lowest BCUT2D eigenvalue weighted by Gasteiger charge is -2.21. The van der Waals surface area contributed by atoms with Crippen molar-refractivity contribution in [2.24, 2.45) is 0 Å². The van der Waals surface area contributed by atoms with E-state index in [0.29, 0.717) is 6.54 Å². The summed E-state index contributed by atoms with van der Waals surface area (Å²) < 4.78 is 0. The molecule has 2 N–H and O–H groups in total. The summed E-state index contributed by atoms with van der Waals surface area (Å²) in [4.78, 5) is 28.8. The minimum atomic E-state index is -0.0861. The highest BCUT2D eigenvalue weighted by Gasteiger charge is 2.23. The Bertz CT molecular complexity index is 734. The van der Waals surface area contributed by atoms with Gasteiger partial charge in [-0.25, -0.2) is 0 Å². The first-order valence-electron chi connectivity index (χ1n) is 7.38. The Morgan fingerprint density at radius 3 is 2.83 bits per heavy atom. The first-order valence-corrected chi connectivity index (χ1v) is 8.26. The molecule has 0 aliphatic carbocycles. The smallest absolute Gasteiger partial charge is 0.237 e. The Kier molecular flexibility index (Phi) is 4.62. The SMILES string of the molecule is CC1Sc2ccc(CC(=O)NCc3ccncc3)cc2NC1=O. The Hall–Kier alpha value is -2.34. The summed E-state index contributed by atoms with van der Waals surface area (Å²) in [5.41, 5.74) is 2.68. The first-order chi connectivity index (χ1) is 11.1. The summed E-state index contributed by atoms with van der Waals surface area (Å²) in [5.74, 6) is -0.0493. The molecule has 1 aliphatic rings. The van der Waals surface area contributed by atoms with Crippen molar-refractivity contribution in [3.8, 4) is 0 Å². The van der Waals surface area contributed by atoms with Crippen molar-refractivity contribution in [3.05, 3.63) is 53.9 Å². The maximum atomic E-state index is 12.1. The number of nitrogens with zero attached hydrogens (tertiary/aromatic N) is 1. The van der Waals surface area contributed by atoms with E-state index in [4.69, 9.17) is 0 Å². The lowest BCUT2D eigenvalue weighted by atomic mass is 10.1. The van der Waals surface area contributed by atoms with Gasteiger partial charge in [-0.05, 0) is 42.3 Å². The van der Waals surface area contributed by atoms with Crippen LogP contribution in [0.5, 0.6) is 0 Å². The van der Waals surface area contributed by atoms with Crippen LogP contribution in [0.1, 0.15) is 18.1 Å². The number of benzene rings is 1. The highest BCUT2D eigenvalue weighted by atomic mass is 32.2. The number of thioether (sulfide) groups is 1. The predicted molar refractivity (Wildman–Crippen MR) is 90.2 cm³/mol. The largest absolute Gasteiger partial charge is 0.352 e. The topological polar surface area (TPSA) is 71.1 Å². The van der Waals surface area contributed by atoms with Gasteiger partial charge in [-0.3, -0.25) is 14.6 Å². The summed E-state index contributed by atoms with van der Waals surface area (Å²) in [5, 5.41) is 5.68. The molecule has 6 heteroatoms. The second kappa shape index (κ2) is 6.83. The second-order valence-corrected chi connectivity index (χ2v) is 6.77. The monoisotopic (exact) mass is 327 g/mol. The van der Waals surface area contributed by atoms with Crippen LogP contribution >= 0.6 is 11.8 Å². The van der Waals surface area contributed by atoms with E-state index in [2.05, 4.69) is 15.6 Å². The number of hydrogen-bond donors (Lipinski definition) is 2. The third-order valence-electron chi connectivity index (χ3n) is 3.58. The van der Waals surface area contributed by atoms with Crippen LogP contribution in [0.2, 0.25) is 0 Å². The maximum absolute atomic E-state index is 12.1. The molecule has 2 heterocycles. The average molecular weight is 327 g/mol. The number of pyridine rings is 1. The van der Waals surface area contributed by atoms with Crippen molar-refractivity contribution in [2.45, 2.75) is 30.0 Å². The molecular weight excluding hydrogens is 310 g/mol. The lowest BCUT2D eigenvalue weighted by molar-refractivity contribution is -0.120. The fourth-order valence-corrected chi connectivity index (χ4v) is 3.25. The Morgan fingerprint density at radius 1 is 1.26 bits per heavy atom. The highest BCUT2D eigenvalue weighted by Crippen LogP contribution is 2.35. The lowest BCUT2D eigenvalue weighted by Crippen LogP contribution is -2.27. The minimum absolute atomic E-state index is 0.00166. The first kappa shape index (κ1) is 15.6. The second-order valence-electron chi connectivity index (χ2n) is 5.39. The van der Waals surface area contributed by atoms with Gasteiger partial charge in [-0.15, -0.1) is 11.8 Å². The number of fused-ring (bicyclic) bond motifs is 1. The van der Waals surface area contributed by atoms with Crippen LogP contribution < -0.4 is 10.6 Å². The van der Waals surface area contributed by atoms with Gasteiger partial charge in [0.15, 0.2) is 0 Å². The van der Waals surface area contributed by atoms with E-state index >= 15 is 0 Å². The number of nitrogens with one attached hydrogen (secondary N) is 2. The molecule has 0 saturated carbocycles. The standard InChI is InChI=1S/C17H17N3O2S/c1-11-17(22)20-14-8-13(2-3-15(14)23-11)9-16(21)19-10-12-4-6-18-7-5-12/h2-8,11H,9-10H2,1H3,(H,19,21)(H,20,22). The quantitative estimate of drug-likeness (QED) is 0.904. The molecular formula is C17H17N3O2S. The number of carbonyl (C=O) groups is 2. The molecule has 0 spiro atoms. The molecule has 2 aromatic rings. The van der Waals surface area contributed by atoms with E-state index in [1.165, 1.54) is 11.8 Å². The van der Waals surface area contributed by atoms with Gasteiger partial charge in [0, 0.05) is 23.8 Å². The van der Waals surface area contributed by atoms with Crippen molar-refractivity contribution in [2.75, 3.05) is 5.32 Å². The van der Waals surface area contributed by atoms with Gasteiger partial charge >= 0.3 is 0 Å². The summed E-state index contributed by atoms with van der Waals surface area (Å²) in [6, 6.07) is 9.50. The highest BCUT2D eigenvalue weighted by molar-refractivity contribution is 8.00. The number of hydrogen-bond acceptors (Lipinski definition) is 4. The zero-order chi connectivity index (χ0) is 16.2. The van der Waals surface area contributed by atoms with Crippen LogP contribution in [0, 0.1) is 0 Å². The van der Waals surface area contributed by atoms with Crippen molar-refractivity contribution in [3.63, 3.8) is 0 Å². The molecule has 0 fully saturated rings. The summed E-state index contributed by atoms with van der Waals surface area (Å²) >= 11 is 1.54. The molecule has 23 heavy (non-hydrogen) atoms. The average Bonchev–Trinajstić information content (AvgIpc) is 2.55. The molecule has 3 rings (SSSR count). The van der Waals surface area contributed by atoms with Crippen molar-refractivity contribution in [1.82, 2.24) is 10.3 Å². The van der Waals surface area contributed by atoms with E-state index < -0.39 is 0 Å². The maximum Gasteiger partial charge on any atom is 0.237 e. The van der Waals surface area contributed by atoms with Crippen LogP contribution in [-0.4, -0.2) is 22.0 Å². The van der Waals surface area contributed by atoms with Gasteiger partial charge in [-0.2, -0.15) is 0 Å². The Balaban J connectivity index is 1.61. The van der Waals surface area contributed by atoms with E-state index in [9.17, 15) is 9.59 Å². The van der Waals surface area contributed by atoms with Gasteiger partial charge in [0.2, 0.25) is 11.8 Å². The van der Waals surface area contributed by atoms with Gasteiger partial charge in [-0.1, -0.05) is 6.07 Å². The van der Waals surface area contributed by atoms with Crippen molar-refractivity contribution >= 4 is 29.3 Å². The molecule has 0 radical (unpaired) electrons. The van der Waals surface area contributed by atoms with Crippen LogP contribution in [0.25, 0.3) is 0 Å². The molecule has 1 unspecified atom stereocenters. The number of rotatable bonds is 4. The van der Waals surface area contributed by atoms with Gasteiger partial charge in [0.25, 0.3) is 0 Å². The number of aromatic nitrogens is 1. The number of amides is 2. The van der Waals surface area contributed by atoms with Crippen LogP contribution in [0.15, 0.2) is 47.6 Å². The Labute approximate surface area is 138 Å². The van der Waals surface area contributed by atoms with Crippen LogP contribution in [-0.2, 0) is 22.6 Å². The molecule has 2 amide bonds. The van der Waals surface area contributed by atoms with Gasteiger partial charge in [0.1, 0.15) is 0 Å². The number of carbonyl (C=O) groups excluding carboxylic acids is 2. The fourth-order valence-electron chi connectivity index (χ4n) is 2.32. The molecule has 0 saturated heterocycles. The van der Waals surface area contributed by atoms with Crippen molar-refractivity contribution < 1.29 is 9.59 Å². The van der Waals surface area contributed by atoms with E-state index in [0.717, 1.165) is 21.7 Å². The summed E-state index contributed by atoms with van der Waals surface area (Å²) in [6.45, 7) is 2.36.